The highest BCUT2D eigenvalue weighted by molar-refractivity contribution is 7.96. The van der Waals surface area contributed by atoms with Crippen LogP contribution in [0.4, 0.5) is 10.1 Å². The number of piperazine rings is 1. The molecule has 4 heteroatoms. The van der Waals surface area contributed by atoms with Gasteiger partial charge in [0.1, 0.15) is 5.82 Å². The fourth-order valence-corrected chi connectivity index (χ4v) is 2.31. The highest BCUT2D eigenvalue weighted by Gasteiger charge is 2.15. The van der Waals surface area contributed by atoms with Crippen molar-refractivity contribution >= 4 is 17.6 Å². The summed E-state index contributed by atoms with van der Waals surface area (Å²) >= 11 is 1.79. The molecule has 0 radical (unpaired) electrons. The Morgan fingerprint density at radius 2 is 1.67 bits per heavy atom. The van der Waals surface area contributed by atoms with Crippen LogP contribution in [0.5, 0.6) is 0 Å². The van der Waals surface area contributed by atoms with E-state index in [-0.39, 0.29) is 5.82 Å². The molecule has 1 aromatic carbocycles. The highest BCUT2D eigenvalue weighted by Crippen LogP contribution is 2.18. The molecule has 1 saturated heterocycles. The maximum Gasteiger partial charge on any atom is 0.123 e. The SMILES string of the molecule is CSN1CCN(c2ccc(F)cc2)CC1. The molecule has 0 aromatic heterocycles. The Morgan fingerprint density at radius 3 is 2.20 bits per heavy atom. The molecule has 0 spiro atoms. The molecular formula is C11H15FN2S. The van der Waals surface area contributed by atoms with Crippen LogP contribution in [0.25, 0.3) is 0 Å². The van der Waals surface area contributed by atoms with Crippen LogP contribution in [0.15, 0.2) is 24.3 Å². The molecule has 1 aliphatic heterocycles. The molecule has 0 N–H and O–H groups in total. The summed E-state index contributed by atoms with van der Waals surface area (Å²) < 4.78 is 15.1. The highest BCUT2D eigenvalue weighted by atomic mass is 32.2. The van der Waals surface area contributed by atoms with Crippen molar-refractivity contribution in [3.05, 3.63) is 30.1 Å². The van der Waals surface area contributed by atoms with Gasteiger partial charge >= 0.3 is 0 Å². The predicted octanol–water partition coefficient (Wildman–Crippen LogP) is 2.23. The lowest BCUT2D eigenvalue weighted by molar-refractivity contribution is 0.431. The van der Waals surface area contributed by atoms with Crippen molar-refractivity contribution in [1.82, 2.24) is 4.31 Å². The van der Waals surface area contributed by atoms with Crippen LogP contribution in [0, 0.1) is 5.82 Å². The van der Waals surface area contributed by atoms with E-state index in [0.717, 1.165) is 31.9 Å². The van der Waals surface area contributed by atoms with E-state index in [2.05, 4.69) is 15.5 Å². The molecule has 2 nitrogen and oxygen atoms in total. The summed E-state index contributed by atoms with van der Waals surface area (Å²) in [5, 5.41) is 0. The predicted molar refractivity (Wildman–Crippen MR) is 63.7 cm³/mol. The van der Waals surface area contributed by atoms with Gasteiger partial charge in [0.2, 0.25) is 0 Å². The van der Waals surface area contributed by atoms with Crippen LogP contribution in [0.2, 0.25) is 0 Å². The molecule has 0 amide bonds. The number of rotatable bonds is 2. The maximum atomic E-state index is 12.7. The van der Waals surface area contributed by atoms with Crippen LogP contribution >= 0.6 is 11.9 Å². The van der Waals surface area contributed by atoms with E-state index in [9.17, 15) is 4.39 Å². The van der Waals surface area contributed by atoms with Crippen molar-refractivity contribution in [1.29, 1.82) is 0 Å². The van der Waals surface area contributed by atoms with Crippen LogP contribution in [0.3, 0.4) is 0 Å². The fraction of sp³-hybridized carbons (Fsp3) is 0.455. The number of halogens is 1. The van der Waals surface area contributed by atoms with Gasteiger partial charge < -0.3 is 4.90 Å². The first-order valence-corrected chi connectivity index (χ1v) is 6.27. The number of nitrogens with zero attached hydrogens (tertiary/aromatic N) is 2. The van der Waals surface area contributed by atoms with Gasteiger partial charge in [-0.15, -0.1) is 0 Å². The number of hydrogen-bond donors (Lipinski definition) is 0. The van der Waals surface area contributed by atoms with Crippen molar-refractivity contribution in [2.75, 3.05) is 37.3 Å². The molecule has 0 bridgehead atoms. The topological polar surface area (TPSA) is 6.48 Å². The molecule has 1 aliphatic rings. The average molecular weight is 226 g/mol. The minimum absolute atomic E-state index is 0.165. The van der Waals surface area contributed by atoms with Crippen LogP contribution < -0.4 is 4.90 Å². The van der Waals surface area contributed by atoms with Gasteiger partial charge in [0.15, 0.2) is 0 Å². The van der Waals surface area contributed by atoms with Crippen molar-refractivity contribution in [3.63, 3.8) is 0 Å². The van der Waals surface area contributed by atoms with Crippen LogP contribution in [-0.4, -0.2) is 36.7 Å². The normalized spacial score (nSPS) is 18.1. The van der Waals surface area contributed by atoms with Gasteiger partial charge in [0, 0.05) is 31.9 Å². The summed E-state index contributed by atoms with van der Waals surface area (Å²) in [6.45, 7) is 4.18. The molecule has 1 heterocycles. The van der Waals surface area contributed by atoms with E-state index in [1.807, 2.05) is 12.1 Å². The van der Waals surface area contributed by atoms with Gasteiger partial charge in [-0.2, -0.15) is 0 Å². The lowest BCUT2D eigenvalue weighted by Gasteiger charge is -2.34. The van der Waals surface area contributed by atoms with E-state index in [1.165, 1.54) is 12.1 Å². The number of anilines is 1. The zero-order chi connectivity index (χ0) is 10.7. The Balaban J connectivity index is 1.98. The molecule has 1 aromatic rings. The minimum Gasteiger partial charge on any atom is -0.369 e. The van der Waals surface area contributed by atoms with Gasteiger partial charge in [-0.25, -0.2) is 8.70 Å². The summed E-state index contributed by atoms with van der Waals surface area (Å²) in [6.07, 6.45) is 2.10. The van der Waals surface area contributed by atoms with E-state index in [0.29, 0.717) is 0 Å². The first kappa shape index (κ1) is 10.8. The van der Waals surface area contributed by atoms with Gasteiger partial charge in [0.05, 0.1) is 0 Å². The summed E-state index contributed by atoms with van der Waals surface area (Å²) in [7, 11) is 0. The Morgan fingerprint density at radius 1 is 1.07 bits per heavy atom. The Bertz CT molecular complexity index is 307. The molecule has 1 fully saturated rings. The van der Waals surface area contributed by atoms with Gasteiger partial charge in [-0.05, 0) is 30.5 Å². The monoisotopic (exact) mass is 226 g/mol. The molecule has 0 aliphatic carbocycles. The van der Waals surface area contributed by atoms with Crippen molar-refractivity contribution in [3.8, 4) is 0 Å². The summed E-state index contributed by atoms with van der Waals surface area (Å²) in [4.78, 5) is 2.30. The molecule has 0 atom stereocenters. The maximum absolute atomic E-state index is 12.7. The molecule has 0 saturated carbocycles. The van der Waals surface area contributed by atoms with E-state index < -0.39 is 0 Å². The zero-order valence-electron chi connectivity index (χ0n) is 8.82. The number of benzene rings is 1. The first-order valence-electron chi connectivity index (χ1n) is 5.09. The van der Waals surface area contributed by atoms with Crippen LogP contribution in [0.1, 0.15) is 0 Å². The Kier molecular flexibility index (Phi) is 3.49. The van der Waals surface area contributed by atoms with E-state index >= 15 is 0 Å². The summed E-state index contributed by atoms with van der Waals surface area (Å²) in [6, 6.07) is 6.75. The average Bonchev–Trinajstić information content (AvgIpc) is 2.30. The Hall–Kier alpha value is -0.740. The molecule has 15 heavy (non-hydrogen) atoms. The quantitative estimate of drug-likeness (QED) is 0.714. The molecule has 0 unspecified atom stereocenters. The third-order valence-corrected chi connectivity index (χ3v) is 3.57. The lowest BCUT2D eigenvalue weighted by atomic mass is 10.2. The molecule has 82 valence electrons. The van der Waals surface area contributed by atoms with E-state index in [4.69, 9.17) is 0 Å². The van der Waals surface area contributed by atoms with Crippen molar-refractivity contribution < 1.29 is 4.39 Å². The van der Waals surface area contributed by atoms with Crippen molar-refractivity contribution in [2.24, 2.45) is 0 Å². The number of hydrogen-bond acceptors (Lipinski definition) is 3. The second kappa shape index (κ2) is 4.86. The van der Waals surface area contributed by atoms with Gasteiger partial charge in [-0.1, -0.05) is 11.9 Å². The zero-order valence-corrected chi connectivity index (χ0v) is 9.63. The van der Waals surface area contributed by atoms with Crippen LogP contribution in [-0.2, 0) is 0 Å². The van der Waals surface area contributed by atoms with Gasteiger partial charge in [-0.3, -0.25) is 0 Å². The van der Waals surface area contributed by atoms with E-state index in [1.54, 1.807) is 11.9 Å². The standard InChI is InChI=1S/C11H15FN2S/c1-15-14-8-6-13(7-9-14)11-4-2-10(12)3-5-11/h2-5H,6-9H2,1H3. The van der Waals surface area contributed by atoms with Gasteiger partial charge in [0.25, 0.3) is 0 Å². The smallest absolute Gasteiger partial charge is 0.123 e. The largest absolute Gasteiger partial charge is 0.369 e. The summed E-state index contributed by atoms with van der Waals surface area (Å²) in [5.41, 5.74) is 1.12. The lowest BCUT2D eigenvalue weighted by Crippen LogP contribution is -2.43. The summed E-state index contributed by atoms with van der Waals surface area (Å²) in [5.74, 6) is -0.165. The Labute approximate surface area is 94.2 Å². The molecule has 2 rings (SSSR count). The third kappa shape index (κ3) is 2.63. The third-order valence-electron chi connectivity index (χ3n) is 2.69. The second-order valence-electron chi connectivity index (χ2n) is 3.58. The minimum atomic E-state index is -0.165. The first-order chi connectivity index (χ1) is 7.29. The molecular weight excluding hydrogens is 211 g/mol. The van der Waals surface area contributed by atoms with Crippen molar-refractivity contribution in [2.45, 2.75) is 0 Å². The second-order valence-corrected chi connectivity index (χ2v) is 4.46. The fourth-order valence-electron chi connectivity index (χ4n) is 1.78.